The first-order chi connectivity index (χ1) is 7.19. The van der Waals surface area contributed by atoms with Crippen molar-refractivity contribution in [2.24, 2.45) is 0 Å². The maximum Gasteiger partial charge on any atom is 0.188 e. The molecule has 0 heterocycles. The van der Waals surface area contributed by atoms with Crippen LogP contribution in [0.15, 0.2) is 24.8 Å². The zero-order valence-electron chi connectivity index (χ0n) is 9.37. The quantitative estimate of drug-likeness (QED) is 0.696. The van der Waals surface area contributed by atoms with E-state index in [4.69, 9.17) is 14.2 Å². The van der Waals surface area contributed by atoms with Gasteiger partial charge < -0.3 is 14.2 Å². The predicted molar refractivity (Wildman–Crippen MR) is 60.2 cm³/mol. The standard InChI is InChI=1S/C12H16O3/c1-9(2)10-5-6-11(15-8-13-3)12(7-10)14-4/h5-7H,1,8H2,2-4H3. The molecule has 0 aliphatic carbocycles. The summed E-state index contributed by atoms with van der Waals surface area (Å²) < 4.78 is 15.4. The zero-order chi connectivity index (χ0) is 11.3. The number of hydrogen-bond acceptors (Lipinski definition) is 3. The van der Waals surface area contributed by atoms with Crippen LogP contribution in [0, 0.1) is 0 Å². The Bertz CT molecular complexity index is 345. The van der Waals surface area contributed by atoms with E-state index in [0.717, 1.165) is 11.1 Å². The Kier molecular flexibility index (Phi) is 4.18. The van der Waals surface area contributed by atoms with Crippen LogP contribution in [0.4, 0.5) is 0 Å². The third-order valence-electron chi connectivity index (χ3n) is 1.99. The van der Waals surface area contributed by atoms with Gasteiger partial charge in [-0.05, 0) is 24.6 Å². The molecular formula is C12H16O3. The second-order valence-corrected chi connectivity index (χ2v) is 3.20. The molecule has 0 saturated carbocycles. The van der Waals surface area contributed by atoms with Crippen molar-refractivity contribution in [2.45, 2.75) is 6.92 Å². The third kappa shape index (κ3) is 2.99. The summed E-state index contributed by atoms with van der Waals surface area (Å²) >= 11 is 0. The molecule has 1 rings (SSSR count). The summed E-state index contributed by atoms with van der Waals surface area (Å²) in [5, 5.41) is 0. The second-order valence-electron chi connectivity index (χ2n) is 3.20. The molecule has 1 aromatic rings. The van der Waals surface area contributed by atoms with Crippen molar-refractivity contribution >= 4 is 5.57 Å². The number of hydrogen-bond donors (Lipinski definition) is 0. The lowest BCUT2D eigenvalue weighted by Gasteiger charge is -2.11. The maximum absolute atomic E-state index is 5.34. The molecule has 0 aliphatic heterocycles. The van der Waals surface area contributed by atoms with E-state index in [1.54, 1.807) is 14.2 Å². The minimum Gasteiger partial charge on any atom is -0.493 e. The molecule has 0 bridgehead atoms. The number of benzene rings is 1. The fraction of sp³-hybridized carbons (Fsp3) is 0.333. The predicted octanol–water partition coefficient (Wildman–Crippen LogP) is 2.71. The molecule has 0 N–H and O–H groups in total. The summed E-state index contributed by atoms with van der Waals surface area (Å²) in [7, 11) is 3.19. The molecule has 0 fully saturated rings. The monoisotopic (exact) mass is 208 g/mol. The molecule has 0 spiro atoms. The highest BCUT2D eigenvalue weighted by atomic mass is 16.7. The molecular weight excluding hydrogens is 192 g/mol. The summed E-state index contributed by atoms with van der Waals surface area (Å²) in [4.78, 5) is 0. The molecule has 0 aliphatic rings. The highest BCUT2D eigenvalue weighted by Gasteiger charge is 2.05. The second kappa shape index (κ2) is 5.41. The van der Waals surface area contributed by atoms with Gasteiger partial charge in [-0.15, -0.1) is 0 Å². The molecule has 0 aromatic heterocycles. The fourth-order valence-electron chi connectivity index (χ4n) is 1.17. The van der Waals surface area contributed by atoms with Gasteiger partial charge in [0.2, 0.25) is 0 Å². The molecule has 0 saturated heterocycles. The molecule has 0 atom stereocenters. The Morgan fingerprint density at radius 3 is 2.53 bits per heavy atom. The van der Waals surface area contributed by atoms with Crippen LogP contribution >= 0.6 is 0 Å². The minimum atomic E-state index is 0.211. The fourth-order valence-corrected chi connectivity index (χ4v) is 1.17. The lowest BCUT2D eigenvalue weighted by molar-refractivity contribution is 0.0491. The van der Waals surface area contributed by atoms with Gasteiger partial charge in [-0.25, -0.2) is 0 Å². The van der Waals surface area contributed by atoms with Crippen molar-refractivity contribution in [2.75, 3.05) is 21.0 Å². The minimum absolute atomic E-state index is 0.211. The van der Waals surface area contributed by atoms with Gasteiger partial charge in [0.15, 0.2) is 18.3 Å². The van der Waals surface area contributed by atoms with E-state index in [0.29, 0.717) is 11.5 Å². The maximum atomic E-state index is 5.34. The molecule has 0 radical (unpaired) electrons. The number of methoxy groups -OCH3 is 2. The van der Waals surface area contributed by atoms with Gasteiger partial charge >= 0.3 is 0 Å². The molecule has 1 aromatic carbocycles. The van der Waals surface area contributed by atoms with Gasteiger partial charge in [-0.1, -0.05) is 18.2 Å². The van der Waals surface area contributed by atoms with Crippen LogP contribution < -0.4 is 9.47 Å². The topological polar surface area (TPSA) is 27.7 Å². The van der Waals surface area contributed by atoms with Crippen molar-refractivity contribution in [1.82, 2.24) is 0 Å². The van der Waals surface area contributed by atoms with E-state index >= 15 is 0 Å². The summed E-state index contributed by atoms with van der Waals surface area (Å²) in [5.41, 5.74) is 2.03. The van der Waals surface area contributed by atoms with Crippen molar-refractivity contribution in [3.8, 4) is 11.5 Å². The van der Waals surface area contributed by atoms with Crippen LogP contribution in [-0.4, -0.2) is 21.0 Å². The number of allylic oxidation sites excluding steroid dienone is 1. The summed E-state index contributed by atoms with van der Waals surface area (Å²) in [6.07, 6.45) is 0. The van der Waals surface area contributed by atoms with Gasteiger partial charge in [0, 0.05) is 7.11 Å². The van der Waals surface area contributed by atoms with Crippen LogP contribution in [0.5, 0.6) is 11.5 Å². The first kappa shape index (κ1) is 11.6. The van der Waals surface area contributed by atoms with Gasteiger partial charge in [-0.2, -0.15) is 0 Å². The first-order valence-electron chi connectivity index (χ1n) is 4.64. The third-order valence-corrected chi connectivity index (χ3v) is 1.99. The SMILES string of the molecule is C=C(C)c1ccc(OCOC)c(OC)c1. The summed E-state index contributed by atoms with van der Waals surface area (Å²) in [6, 6.07) is 5.69. The van der Waals surface area contributed by atoms with Crippen LogP contribution in [0.2, 0.25) is 0 Å². The van der Waals surface area contributed by atoms with Crippen LogP contribution in [0.3, 0.4) is 0 Å². The Balaban J connectivity index is 2.93. The van der Waals surface area contributed by atoms with Crippen LogP contribution in [-0.2, 0) is 4.74 Å². The van der Waals surface area contributed by atoms with Crippen molar-refractivity contribution < 1.29 is 14.2 Å². The zero-order valence-corrected chi connectivity index (χ0v) is 9.37. The van der Waals surface area contributed by atoms with Gasteiger partial charge in [0.1, 0.15) is 0 Å². The molecule has 15 heavy (non-hydrogen) atoms. The van der Waals surface area contributed by atoms with Gasteiger partial charge in [0.05, 0.1) is 7.11 Å². The largest absolute Gasteiger partial charge is 0.493 e. The lowest BCUT2D eigenvalue weighted by atomic mass is 10.1. The van der Waals surface area contributed by atoms with E-state index in [1.165, 1.54) is 0 Å². The molecule has 82 valence electrons. The Morgan fingerprint density at radius 1 is 1.27 bits per heavy atom. The van der Waals surface area contributed by atoms with Crippen LogP contribution in [0.1, 0.15) is 12.5 Å². The first-order valence-corrected chi connectivity index (χ1v) is 4.64. The number of ether oxygens (including phenoxy) is 3. The highest BCUT2D eigenvalue weighted by Crippen LogP contribution is 2.30. The van der Waals surface area contributed by atoms with E-state index in [2.05, 4.69) is 6.58 Å². The normalized spacial score (nSPS) is 9.80. The van der Waals surface area contributed by atoms with Crippen molar-refractivity contribution in [3.63, 3.8) is 0 Å². The van der Waals surface area contributed by atoms with Gasteiger partial charge in [0.25, 0.3) is 0 Å². The Labute approximate surface area is 90.3 Å². The van der Waals surface area contributed by atoms with Gasteiger partial charge in [-0.3, -0.25) is 0 Å². The Hall–Kier alpha value is -1.48. The van der Waals surface area contributed by atoms with E-state index in [-0.39, 0.29) is 6.79 Å². The number of rotatable bonds is 5. The Morgan fingerprint density at radius 2 is 2.00 bits per heavy atom. The summed E-state index contributed by atoms with van der Waals surface area (Å²) in [5.74, 6) is 1.36. The van der Waals surface area contributed by atoms with Crippen molar-refractivity contribution in [3.05, 3.63) is 30.3 Å². The lowest BCUT2D eigenvalue weighted by Crippen LogP contribution is -2.00. The van der Waals surface area contributed by atoms with Crippen molar-refractivity contribution in [1.29, 1.82) is 0 Å². The molecule has 3 heteroatoms. The van der Waals surface area contributed by atoms with E-state index in [1.807, 2.05) is 25.1 Å². The van der Waals surface area contributed by atoms with E-state index < -0.39 is 0 Å². The smallest absolute Gasteiger partial charge is 0.188 e. The average Bonchev–Trinajstić information content (AvgIpc) is 2.25. The molecule has 0 amide bonds. The highest BCUT2D eigenvalue weighted by molar-refractivity contribution is 5.64. The molecule has 0 unspecified atom stereocenters. The average molecular weight is 208 g/mol. The van der Waals surface area contributed by atoms with E-state index in [9.17, 15) is 0 Å². The summed E-state index contributed by atoms with van der Waals surface area (Å²) in [6.45, 7) is 6.03. The molecule has 3 nitrogen and oxygen atoms in total. The van der Waals surface area contributed by atoms with Crippen LogP contribution in [0.25, 0.3) is 5.57 Å².